The van der Waals surface area contributed by atoms with Gasteiger partial charge in [-0.25, -0.2) is 0 Å². The molecule has 202 valence electrons. The summed E-state index contributed by atoms with van der Waals surface area (Å²) in [6.45, 7) is 0. The maximum Gasteiger partial charge on any atom is 0.137 e. The smallest absolute Gasteiger partial charge is 0.137 e. The topological polar surface area (TPSA) is 29.5 Å². The first kappa shape index (κ1) is 23.9. The molecule has 9 aromatic rings. The average Bonchev–Trinajstić information content (AvgIpc) is 3.62. The molecule has 7 aromatic carbocycles. The van der Waals surface area contributed by atoms with E-state index in [4.69, 9.17) is 8.83 Å². The van der Waals surface area contributed by atoms with Gasteiger partial charge in [0.15, 0.2) is 0 Å². The molecular weight excluding hydrogens is 526 g/mol. The van der Waals surface area contributed by atoms with Crippen molar-refractivity contribution in [3.63, 3.8) is 0 Å². The van der Waals surface area contributed by atoms with Gasteiger partial charge in [0.1, 0.15) is 22.3 Å². The van der Waals surface area contributed by atoms with Crippen LogP contribution >= 0.6 is 0 Å². The Bertz CT molecular complexity index is 2470. The quantitative estimate of drug-likeness (QED) is 0.218. The molecule has 0 bridgehead atoms. The van der Waals surface area contributed by atoms with Crippen LogP contribution in [0.15, 0.2) is 160 Å². The summed E-state index contributed by atoms with van der Waals surface area (Å²) in [5.41, 5.74) is 9.07. The highest BCUT2D eigenvalue weighted by molar-refractivity contribution is 6.11. The fourth-order valence-corrected chi connectivity index (χ4v) is 6.35. The fraction of sp³-hybridized carbons (Fsp3) is 0. The van der Waals surface area contributed by atoms with Gasteiger partial charge in [-0.1, -0.05) is 84.9 Å². The zero-order chi connectivity index (χ0) is 28.3. The van der Waals surface area contributed by atoms with Crippen LogP contribution in [0.25, 0.3) is 65.8 Å². The number of nitrogens with zero attached hydrogens (tertiary/aromatic N) is 1. The van der Waals surface area contributed by atoms with Gasteiger partial charge in [0.25, 0.3) is 0 Å². The van der Waals surface area contributed by atoms with Crippen LogP contribution in [0.1, 0.15) is 0 Å². The van der Waals surface area contributed by atoms with Crippen LogP contribution in [0.3, 0.4) is 0 Å². The standard InChI is InChI=1S/C40H25NO2/c1-2-9-26(10-3-1)27-11-8-12-30(21-27)41(32-19-20-35-33-13-4-6-15-37(33)43-40(35)25-32)31-18-17-28-23-36-34-14-5-7-16-38(34)42-39(36)24-29(28)22-31/h1-25H. The number of hydrogen-bond acceptors (Lipinski definition) is 3. The summed E-state index contributed by atoms with van der Waals surface area (Å²) in [5.74, 6) is 0. The summed E-state index contributed by atoms with van der Waals surface area (Å²) in [5, 5.41) is 6.82. The van der Waals surface area contributed by atoms with Crippen molar-refractivity contribution in [2.45, 2.75) is 0 Å². The summed E-state index contributed by atoms with van der Waals surface area (Å²) < 4.78 is 12.6. The lowest BCUT2D eigenvalue weighted by Crippen LogP contribution is -2.10. The molecule has 0 aliphatic carbocycles. The Labute approximate surface area is 247 Å². The normalized spacial score (nSPS) is 11.7. The largest absolute Gasteiger partial charge is 0.456 e. The lowest BCUT2D eigenvalue weighted by atomic mass is 10.0. The Morgan fingerprint density at radius 2 is 0.930 bits per heavy atom. The van der Waals surface area contributed by atoms with Crippen LogP contribution in [-0.4, -0.2) is 0 Å². The van der Waals surface area contributed by atoms with Gasteiger partial charge in [-0.2, -0.15) is 0 Å². The number of hydrogen-bond donors (Lipinski definition) is 0. The molecule has 3 nitrogen and oxygen atoms in total. The number of anilines is 3. The molecule has 0 amide bonds. The highest BCUT2D eigenvalue weighted by atomic mass is 16.3. The van der Waals surface area contributed by atoms with Crippen molar-refractivity contribution in [3.8, 4) is 11.1 Å². The number of rotatable bonds is 4. The van der Waals surface area contributed by atoms with Gasteiger partial charge < -0.3 is 13.7 Å². The van der Waals surface area contributed by atoms with E-state index in [0.29, 0.717) is 0 Å². The van der Waals surface area contributed by atoms with Crippen molar-refractivity contribution >= 4 is 71.7 Å². The van der Waals surface area contributed by atoms with E-state index in [1.165, 1.54) is 10.9 Å². The predicted molar refractivity (Wildman–Crippen MR) is 179 cm³/mol. The lowest BCUT2D eigenvalue weighted by Gasteiger charge is -2.26. The van der Waals surface area contributed by atoms with Crippen LogP contribution in [0.2, 0.25) is 0 Å². The minimum absolute atomic E-state index is 0.868. The van der Waals surface area contributed by atoms with Crippen LogP contribution in [0.5, 0.6) is 0 Å². The van der Waals surface area contributed by atoms with Crippen LogP contribution in [0.4, 0.5) is 17.1 Å². The Morgan fingerprint density at radius 3 is 1.74 bits per heavy atom. The van der Waals surface area contributed by atoms with Crippen LogP contribution in [0, 0.1) is 0 Å². The first-order valence-corrected chi connectivity index (χ1v) is 14.5. The molecule has 0 saturated heterocycles. The van der Waals surface area contributed by atoms with E-state index < -0.39 is 0 Å². The Morgan fingerprint density at radius 1 is 0.326 bits per heavy atom. The van der Waals surface area contributed by atoms with Crippen molar-refractivity contribution in [3.05, 3.63) is 152 Å². The molecule has 0 atom stereocenters. The van der Waals surface area contributed by atoms with E-state index in [0.717, 1.165) is 71.9 Å². The molecule has 3 heteroatoms. The maximum atomic E-state index is 6.32. The second-order valence-electron chi connectivity index (χ2n) is 11.0. The molecule has 0 aliphatic heterocycles. The van der Waals surface area contributed by atoms with E-state index in [2.05, 4.69) is 132 Å². The van der Waals surface area contributed by atoms with Gasteiger partial charge in [-0.15, -0.1) is 0 Å². The highest BCUT2D eigenvalue weighted by Gasteiger charge is 2.17. The maximum absolute atomic E-state index is 6.32. The van der Waals surface area contributed by atoms with Crippen LogP contribution < -0.4 is 4.90 Å². The van der Waals surface area contributed by atoms with Crippen molar-refractivity contribution in [1.29, 1.82) is 0 Å². The number of fused-ring (bicyclic) bond motifs is 7. The van der Waals surface area contributed by atoms with Crippen molar-refractivity contribution < 1.29 is 8.83 Å². The molecule has 0 aliphatic rings. The van der Waals surface area contributed by atoms with Gasteiger partial charge in [-0.05, 0) is 82.6 Å². The summed E-state index contributed by atoms with van der Waals surface area (Å²) in [4.78, 5) is 2.31. The van der Waals surface area contributed by atoms with E-state index in [9.17, 15) is 0 Å². The monoisotopic (exact) mass is 551 g/mol. The Kier molecular flexibility index (Phi) is 5.20. The van der Waals surface area contributed by atoms with Gasteiger partial charge in [0, 0.05) is 44.7 Å². The number of furan rings is 2. The Hall–Kier alpha value is -5.80. The first-order valence-electron chi connectivity index (χ1n) is 14.5. The minimum atomic E-state index is 0.868. The minimum Gasteiger partial charge on any atom is -0.456 e. The van der Waals surface area contributed by atoms with E-state index in [1.54, 1.807) is 0 Å². The number of para-hydroxylation sites is 2. The van der Waals surface area contributed by atoms with Crippen molar-refractivity contribution in [2.24, 2.45) is 0 Å². The molecule has 2 heterocycles. The summed E-state index contributed by atoms with van der Waals surface area (Å²) >= 11 is 0. The molecule has 9 rings (SSSR count). The van der Waals surface area contributed by atoms with Crippen molar-refractivity contribution in [1.82, 2.24) is 0 Å². The molecule has 0 unspecified atom stereocenters. The molecule has 2 aromatic heterocycles. The summed E-state index contributed by atoms with van der Waals surface area (Å²) in [7, 11) is 0. The first-order chi connectivity index (χ1) is 21.3. The third-order valence-electron chi connectivity index (χ3n) is 8.41. The molecular formula is C40H25NO2. The number of benzene rings is 7. The van der Waals surface area contributed by atoms with Gasteiger partial charge >= 0.3 is 0 Å². The van der Waals surface area contributed by atoms with Gasteiger partial charge in [-0.3, -0.25) is 0 Å². The zero-order valence-corrected chi connectivity index (χ0v) is 23.2. The van der Waals surface area contributed by atoms with Crippen LogP contribution in [-0.2, 0) is 0 Å². The summed E-state index contributed by atoms with van der Waals surface area (Å²) in [6.07, 6.45) is 0. The van der Waals surface area contributed by atoms with Crippen molar-refractivity contribution in [2.75, 3.05) is 4.90 Å². The second-order valence-corrected chi connectivity index (χ2v) is 11.0. The van der Waals surface area contributed by atoms with Gasteiger partial charge in [0.05, 0.1) is 0 Å². The SMILES string of the molecule is c1ccc(-c2cccc(N(c3ccc4cc5c(cc4c3)oc3ccccc35)c3ccc4c(c3)oc3ccccc34)c2)cc1. The van der Waals surface area contributed by atoms with Gasteiger partial charge in [0.2, 0.25) is 0 Å². The zero-order valence-electron chi connectivity index (χ0n) is 23.2. The predicted octanol–water partition coefficient (Wildman–Crippen LogP) is 11.8. The third kappa shape index (κ3) is 3.90. The molecule has 0 spiro atoms. The van der Waals surface area contributed by atoms with E-state index in [-0.39, 0.29) is 0 Å². The Balaban J connectivity index is 1.25. The summed E-state index contributed by atoms with van der Waals surface area (Å²) in [6, 6.07) is 53.2. The fourth-order valence-electron chi connectivity index (χ4n) is 6.35. The highest BCUT2D eigenvalue weighted by Crippen LogP contribution is 2.41. The average molecular weight is 552 g/mol. The molecule has 0 N–H and O–H groups in total. The molecule has 0 fully saturated rings. The molecule has 43 heavy (non-hydrogen) atoms. The second kappa shape index (κ2) is 9.37. The van der Waals surface area contributed by atoms with E-state index in [1.807, 2.05) is 24.3 Å². The van der Waals surface area contributed by atoms with E-state index >= 15 is 0 Å². The molecule has 0 saturated carbocycles. The third-order valence-corrected chi connectivity index (χ3v) is 8.41. The lowest BCUT2D eigenvalue weighted by molar-refractivity contribution is 0.669. The molecule has 0 radical (unpaired) electrons.